The lowest BCUT2D eigenvalue weighted by molar-refractivity contribution is 0.100. The maximum atomic E-state index is 11.1. The van der Waals surface area contributed by atoms with E-state index >= 15 is 0 Å². The number of nitrogens with two attached hydrogens (primary N) is 1. The third kappa shape index (κ3) is 2.71. The smallest absolute Gasteiger partial charge is 0.248 e. The lowest BCUT2D eigenvalue weighted by Gasteiger charge is -2.09. The van der Waals surface area contributed by atoms with Gasteiger partial charge in [0, 0.05) is 29.7 Å². The summed E-state index contributed by atoms with van der Waals surface area (Å²) in [6, 6.07) is 11.3. The third-order valence-corrected chi connectivity index (χ3v) is 2.88. The van der Waals surface area contributed by atoms with Gasteiger partial charge in [0.05, 0.1) is 6.54 Å². The molecular weight excluding hydrogens is 226 g/mol. The van der Waals surface area contributed by atoms with Crippen LogP contribution in [0.5, 0.6) is 0 Å². The molecule has 2 aromatic rings. The third-order valence-electron chi connectivity index (χ3n) is 2.88. The van der Waals surface area contributed by atoms with Crippen molar-refractivity contribution in [1.82, 2.24) is 4.57 Å². The molecule has 0 saturated carbocycles. The van der Waals surface area contributed by atoms with Gasteiger partial charge in [-0.3, -0.25) is 4.79 Å². The molecule has 0 spiro atoms. The summed E-state index contributed by atoms with van der Waals surface area (Å²) in [5.41, 5.74) is 7.88. The van der Waals surface area contributed by atoms with Crippen LogP contribution in [-0.2, 0) is 13.1 Å². The van der Waals surface area contributed by atoms with Gasteiger partial charge >= 0.3 is 0 Å². The summed E-state index contributed by atoms with van der Waals surface area (Å²) < 4.78 is 2.17. The van der Waals surface area contributed by atoms with Crippen molar-refractivity contribution in [3.63, 3.8) is 0 Å². The van der Waals surface area contributed by atoms with Crippen LogP contribution in [0.2, 0.25) is 0 Å². The number of anilines is 1. The first-order valence-corrected chi connectivity index (χ1v) is 5.98. The number of amides is 1. The van der Waals surface area contributed by atoms with Crippen LogP contribution in [0.3, 0.4) is 0 Å². The summed E-state index contributed by atoms with van der Waals surface area (Å²) in [7, 11) is 0. The van der Waals surface area contributed by atoms with Gasteiger partial charge in [0.15, 0.2) is 0 Å². The van der Waals surface area contributed by atoms with Crippen molar-refractivity contribution in [1.29, 1.82) is 0 Å². The van der Waals surface area contributed by atoms with Crippen molar-refractivity contribution in [2.75, 3.05) is 5.32 Å². The van der Waals surface area contributed by atoms with Crippen molar-refractivity contribution < 1.29 is 4.79 Å². The Balaban J connectivity index is 2.06. The van der Waals surface area contributed by atoms with Crippen LogP contribution in [-0.4, -0.2) is 10.5 Å². The molecule has 2 rings (SSSR count). The monoisotopic (exact) mass is 243 g/mol. The zero-order valence-corrected chi connectivity index (χ0v) is 10.4. The van der Waals surface area contributed by atoms with Crippen LogP contribution in [0.15, 0.2) is 42.6 Å². The molecule has 0 saturated heterocycles. The lowest BCUT2D eigenvalue weighted by Crippen LogP contribution is -2.11. The summed E-state index contributed by atoms with van der Waals surface area (Å²) in [6.07, 6.45) is 2.05. The standard InChI is InChI=1S/C14H17N3O/c1-2-17-8-4-7-13(17)10-16-12-6-3-5-11(9-12)14(15)18/h3-9,16H,2,10H2,1H3,(H2,15,18). The molecule has 0 aliphatic heterocycles. The number of carbonyl (C=O) groups is 1. The Bertz CT molecular complexity index is 545. The second kappa shape index (κ2) is 5.40. The number of primary amides is 1. The first-order chi connectivity index (χ1) is 8.70. The molecule has 0 bridgehead atoms. The number of nitrogens with one attached hydrogen (secondary N) is 1. The molecule has 1 aromatic carbocycles. The van der Waals surface area contributed by atoms with Crippen LogP contribution >= 0.6 is 0 Å². The van der Waals surface area contributed by atoms with Crippen molar-refractivity contribution in [2.24, 2.45) is 5.73 Å². The van der Waals surface area contributed by atoms with Gasteiger partial charge in [-0.25, -0.2) is 0 Å². The number of hydrogen-bond acceptors (Lipinski definition) is 2. The van der Waals surface area contributed by atoms with Gasteiger partial charge in [0.2, 0.25) is 5.91 Å². The van der Waals surface area contributed by atoms with Gasteiger partial charge < -0.3 is 15.6 Å². The molecule has 3 N–H and O–H groups in total. The molecular formula is C14H17N3O. The van der Waals surface area contributed by atoms with E-state index in [1.54, 1.807) is 12.1 Å². The molecule has 1 heterocycles. The molecule has 0 atom stereocenters. The zero-order chi connectivity index (χ0) is 13.0. The number of carbonyl (C=O) groups excluding carboxylic acids is 1. The summed E-state index contributed by atoms with van der Waals surface area (Å²) in [6.45, 7) is 3.78. The fourth-order valence-corrected chi connectivity index (χ4v) is 1.89. The fourth-order valence-electron chi connectivity index (χ4n) is 1.89. The SMILES string of the molecule is CCn1cccc1CNc1cccc(C(N)=O)c1. The van der Waals surface area contributed by atoms with Gasteiger partial charge in [0.1, 0.15) is 0 Å². The van der Waals surface area contributed by atoms with Crippen molar-refractivity contribution in [2.45, 2.75) is 20.0 Å². The van der Waals surface area contributed by atoms with Gasteiger partial charge in [-0.15, -0.1) is 0 Å². The van der Waals surface area contributed by atoms with Gasteiger partial charge in [0.25, 0.3) is 0 Å². The van der Waals surface area contributed by atoms with E-state index in [1.165, 1.54) is 5.69 Å². The van der Waals surface area contributed by atoms with E-state index in [0.29, 0.717) is 5.56 Å². The van der Waals surface area contributed by atoms with Crippen molar-refractivity contribution in [3.8, 4) is 0 Å². The first-order valence-electron chi connectivity index (χ1n) is 5.98. The first kappa shape index (κ1) is 12.2. The summed E-state index contributed by atoms with van der Waals surface area (Å²) >= 11 is 0. The largest absolute Gasteiger partial charge is 0.379 e. The summed E-state index contributed by atoms with van der Waals surface area (Å²) in [5, 5.41) is 3.29. The maximum Gasteiger partial charge on any atom is 0.248 e. The Kier molecular flexibility index (Phi) is 3.67. The normalized spacial score (nSPS) is 10.3. The number of nitrogens with zero attached hydrogens (tertiary/aromatic N) is 1. The number of aromatic nitrogens is 1. The highest BCUT2D eigenvalue weighted by Crippen LogP contribution is 2.12. The Hall–Kier alpha value is -2.23. The van der Waals surface area contributed by atoms with E-state index in [-0.39, 0.29) is 0 Å². The Morgan fingerprint density at radius 1 is 1.33 bits per heavy atom. The van der Waals surface area contributed by atoms with E-state index in [2.05, 4.69) is 29.1 Å². The van der Waals surface area contributed by atoms with Crippen LogP contribution < -0.4 is 11.1 Å². The van der Waals surface area contributed by atoms with Gasteiger partial charge in [-0.1, -0.05) is 6.07 Å². The van der Waals surface area contributed by atoms with Gasteiger partial charge in [-0.2, -0.15) is 0 Å². The topological polar surface area (TPSA) is 60.1 Å². The molecule has 0 aliphatic carbocycles. The molecule has 0 fully saturated rings. The molecule has 4 nitrogen and oxygen atoms in total. The second-order valence-electron chi connectivity index (χ2n) is 4.08. The predicted octanol–water partition coefficient (Wildman–Crippen LogP) is 2.22. The van der Waals surface area contributed by atoms with Crippen molar-refractivity contribution in [3.05, 3.63) is 53.9 Å². The van der Waals surface area contributed by atoms with E-state index in [4.69, 9.17) is 5.73 Å². The van der Waals surface area contributed by atoms with E-state index < -0.39 is 5.91 Å². The number of rotatable bonds is 5. The van der Waals surface area contributed by atoms with Crippen LogP contribution in [0, 0.1) is 0 Å². The van der Waals surface area contributed by atoms with E-state index in [0.717, 1.165) is 18.8 Å². The minimum atomic E-state index is -0.407. The fraction of sp³-hybridized carbons (Fsp3) is 0.214. The highest BCUT2D eigenvalue weighted by atomic mass is 16.1. The highest BCUT2D eigenvalue weighted by Gasteiger charge is 2.02. The molecule has 1 amide bonds. The average molecular weight is 243 g/mol. The minimum Gasteiger partial charge on any atom is -0.379 e. The van der Waals surface area contributed by atoms with Gasteiger partial charge in [-0.05, 0) is 37.3 Å². The number of hydrogen-bond donors (Lipinski definition) is 2. The molecule has 94 valence electrons. The van der Waals surface area contributed by atoms with Crippen LogP contribution in [0.4, 0.5) is 5.69 Å². The number of aryl methyl sites for hydroxylation is 1. The molecule has 0 unspecified atom stereocenters. The minimum absolute atomic E-state index is 0.407. The lowest BCUT2D eigenvalue weighted by atomic mass is 10.2. The van der Waals surface area contributed by atoms with E-state index in [9.17, 15) is 4.79 Å². The molecule has 1 aromatic heterocycles. The maximum absolute atomic E-state index is 11.1. The molecule has 0 radical (unpaired) electrons. The number of benzene rings is 1. The summed E-state index contributed by atoms with van der Waals surface area (Å²) in [5.74, 6) is -0.407. The van der Waals surface area contributed by atoms with Crippen LogP contribution in [0.25, 0.3) is 0 Å². The van der Waals surface area contributed by atoms with Crippen LogP contribution in [0.1, 0.15) is 23.0 Å². The van der Waals surface area contributed by atoms with Crippen molar-refractivity contribution >= 4 is 11.6 Å². The zero-order valence-electron chi connectivity index (χ0n) is 10.4. The molecule has 18 heavy (non-hydrogen) atoms. The second-order valence-corrected chi connectivity index (χ2v) is 4.08. The highest BCUT2D eigenvalue weighted by molar-refractivity contribution is 5.93. The Morgan fingerprint density at radius 3 is 2.89 bits per heavy atom. The van der Waals surface area contributed by atoms with E-state index in [1.807, 2.05) is 18.2 Å². The molecule has 0 aliphatic rings. The Labute approximate surface area is 106 Å². The molecule has 4 heteroatoms. The quantitative estimate of drug-likeness (QED) is 0.846. The summed E-state index contributed by atoms with van der Waals surface area (Å²) in [4.78, 5) is 11.1. The Morgan fingerprint density at radius 2 is 2.17 bits per heavy atom. The average Bonchev–Trinajstić information content (AvgIpc) is 2.84. The predicted molar refractivity (Wildman–Crippen MR) is 72.4 cm³/mol.